The number of allylic oxidation sites excluding steroid dienone is 3. The zero-order valence-corrected chi connectivity index (χ0v) is 47.7. The highest BCUT2D eigenvalue weighted by Gasteiger charge is 2.28. The van der Waals surface area contributed by atoms with E-state index in [1.807, 2.05) is 0 Å². The summed E-state index contributed by atoms with van der Waals surface area (Å²) in [5, 5.41) is 4.70. The molecule has 15 aromatic rings. The van der Waals surface area contributed by atoms with Crippen molar-refractivity contribution in [2.45, 2.75) is 6.42 Å². The van der Waals surface area contributed by atoms with Crippen LogP contribution in [-0.4, -0.2) is 25.6 Å². The molecule has 0 atom stereocenters. The average molecular weight is 1110 g/mol. The Labute approximate surface area is 506 Å². The normalized spacial score (nSPS) is 13.1. The fraction of sp³-hybridized carbons (Fsp3) is 0.0244. The van der Waals surface area contributed by atoms with Crippen molar-refractivity contribution in [3.05, 3.63) is 327 Å². The van der Waals surface area contributed by atoms with Crippen LogP contribution in [-0.2, 0) is 6.42 Å². The van der Waals surface area contributed by atoms with Gasteiger partial charge in [-0.3, -0.25) is 0 Å². The maximum Gasteiger partial charge on any atom is 0.160 e. The number of aromatic nitrogens is 4. The monoisotopic (exact) mass is 1110 g/mol. The summed E-state index contributed by atoms with van der Waals surface area (Å²) in [6.45, 7) is 0.662. The average Bonchev–Trinajstić information content (AvgIpc) is 1.75. The van der Waals surface area contributed by atoms with Crippen molar-refractivity contribution in [2.24, 2.45) is 0 Å². The molecule has 0 N–H and O–H groups in total. The van der Waals surface area contributed by atoms with Crippen LogP contribution in [0, 0.1) is 0 Å². The molecule has 0 amide bonds. The lowest BCUT2D eigenvalue weighted by Gasteiger charge is -2.29. The summed E-state index contributed by atoms with van der Waals surface area (Å²) in [7, 11) is 0. The van der Waals surface area contributed by atoms with Gasteiger partial charge in [0.1, 0.15) is 0 Å². The molecule has 0 fully saturated rings. The number of benzene rings is 12. The fourth-order valence-corrected chi connectivity index (χ4v) is 13.2. The maximum atomic E-state index is 5.49. The lowest BCUT2D eigenvalue weighted by molar-refractivity contribution is 1.07. The molecule has 1 aliphatic rings. The summed E-state index contributed by atoms with van der Waals surface area (Å²) in [5.41, 5.74) is 23.6. The molecule has 12 aromatic carbocycles. The van der Waals surface area contributed by atoms with E-state index in [1.165, 1.54) is 22.0 Å². The number of hydrogen-bond donors (Lipinski definition) is 0. The zero-order valence-electron chi connectivity index (χ0n) is 47.7. The molecule has 0 radical (unpaired) electrons. The summed E-state index contributed by atoms with van der Waals surface area (Å²) in [5.74, 6) is 0.642. The minimum atomic E-state index is 0.642. The lowest BCUT2D eigenvalue weighted by atomic mass is 9.92. The predicted molar refractivity (Wildman–Crippen MR) is 364 cm³/mol. The van der Waals surface area contributed by atoms with Gasteiger partial charge in [-0.05, 0) is 94.9 Å². The second kappa shape index (κ2) is 22.0. The van der Waals surface area contributed by atoms with Crippen LogP contribution in [0.25, 0.3) is 133 Å². The molecule has 3 aromatic heterocycles. The van der Waals surface area contributed by atoms with Gasteiger partial charge in [-0.15, -0.1) is 0 Å². The Morgan fingerprint density at radius 1 is 0.276 bits per heavy atom. The zero-order chi connectivity index (χ0) is 57.6. The standard InChI is InChI=1S/C82H57N5/c1-2-28-48-85(74-45-25-22-42-62(74)41-9-1)77-54-79-70(51-66(77)56-29-10-3-11-30-56)71-52-67(57-31-12-4-13-32-57)78(86-75-46-26-23-43-64(75)65-44-24-27-47-76(65)86)55-80(71)87(79)81-68(58-33-14-5-15-34-58)49-63(50-69(81)59-35-16-6-17-36-59)82-83-72(60-37-18-7-19-38-60)53-73(84-82)61-39-20-8-21-40-61/h1-40,42-47,49-55H,41,48H2/b9-1-,28-2-. The van der Waals surface area contributed by atoms with Crippen LogP contribution in [0.3, 0.4) is 0 Å². The predicted octanol–water partition coefficient (Wildman–Crippen LogP) is 21.1. The smallest absolute Gasteiger partial charge is 0.160 e. The van der Waals surface area contributed by atoms with E-state index in [9.17, 15) is 0 Å². The highest BCUT2D eigenvalue weighted by molar-refractivity contribution is 6.17. The van der Waals surface area contributed by atoms with Gasteiger partial charge >= 0.3 is 0 Å². The van der Waals surface area contributed by atoms with Gasteiger partial charge in [0, 0.05) is 72.7 Å². The molecule has 0 bridgehead atoms. The summed E-state index contributed by atoms with van der Waals surface area (Å²) >= 11 is 0. The summed E-state index contributed by atoms with van der Waals surface area (Å²) in [6, 6.07) is 108. The molecule has 5 nitrogen and oxygen atoms in total. The number of para-hydroxylation sites is 3. The van der Waals surface area contributed by atoms with E-state index >= 15 is 0 Å². The van der Waals surface area contributed by atoms with E-state index in [-0.39, 0.29) is 0 Å². The Balaban J connectivity index is 1.09. The second-order valence-electron chi connectivity index (χ2n) is 22.4. The Morgan fingerprint density at radius 2 is 0.690 bits per heavy atom. The lowest BCUT2D eigenvalue weighted by Crippen LogP contribution is -2.19. The van der Waals surface area contributed by atoms with Gasteiger partial charge in [0.2, 0.25) is 0 Å². The number of hydrogen-bond acceptors (Lipinski definition) is 3. The van der Waals surface area contributed by atoms with Crippen LogP contribution in [0.5, 0.6) is 0 Å². The van der Waals surface area contributed by atoms with Crippen LogP contribution < -0.4 is 4.90 Å². The third kappa shape index (κ3) is 9.21. The Hall–Kier alpha value is -11.4. The van der Waals surface area contributed by atoms with Crippen molar-refractivity contribution in [3.63, 3.8) is 0 Å². The van der Waals surface area contributed by atoms with Gasteiger partial charge in [-0.25, -0.2) is 9.97 Å². The van der Waals surface area contributed by atoms with Gasteiger partial charge < -0.3 is 14.0 Å². The van der Waals surface area contributed by atoms with Crippen LogP contribution >= 0.6 is 0 Å². The summed E-state index contributed by atoms with van der Waals surface area (Å²) in [4.78, 5) is 13.5. The topological polar surface area (TPSA) is 38.9 Å². The number of anilines is 2. The van der Waals surface area contributed by atoms with Gasteiger partial charge in [0.15, 0.2) is 5.82 Å². The van der Waals surface area contributed by atoms with Crippen molar-refractivity contribution in [3.8, 4) is 89.8 Å². The van der Waals surface area contributed by atoms with Crippen LogP contribution in [0.15, 0.2) is 322 Å². The maximum absolute atomic E-state index is 5.49. The number of rotatable bonds is 10. The number of nitrogens with zero attached hydrogens (tertiary/aromatic N) is 5. The van der Waals surface area contributed by atoms with Crippen molar-refractivity contribution in [1.82, 2.24) is 19.1 Å². The van der Waals surface area contributed by atoms with Gasteiger partial charge in [-0.2, -0.15) is 0 Å². The minimum absolute atomic E-state index is 0.642. The van der Waals surface area contributed by atoms with Crippen molar-refractivity contribution >= 4 is 55.0 Å². The summed E-state index contributed by atoms with van der Waals surface area (Å²) < 4.78 is 5.09. The Bertz CT molecular complexity index is 4950. The highest BCUT2D eigenvalue weighted by atomic mass is 15.1. The quantitative estimate of drug-likeness (QED) is 0.137. The van der Waals surface area contributed by atoms with E-state index in [4.69, 9.17) is 9.97 Å². The van der Waals surface area contributed by atoms with Gasteiger partial charge in [0.25, 0.3) is 0 Å². The molecule has 4 heterocycles. The summed E-state index contributed by atoms with van der Waals surface area (Å²) in [6.07, 6.45) is 9.74. The SMILES string of the molecule is C1=C\Cc2ccccc2N(c2cc3c(cc2-c2ccccc2)c2cc(-c4ccccc4)c(-n4c5ccccc5c5ccccc54)cc2n3-c2c(-c3ccccc3)cc(-c3nc(-c4ccccc4)cc(-c4ccccc4)n3)cc2-c2ccccc2)C\C=C/1. The van der Waals surface area contributed by atoms with E-state index in [2.05, 4.69) is 336 Å². The first-order chi connectivity index (χ1) is 43.2. The highest BCUT2D eigenvalue weighted by Crippen LogP contribution is 2.50. The second-order valence-corrected chi connectivity index (χ2v) is 22.4. The molecule has 16 rings (SSSR count). The molecule has 0 unspecified atom stereocenters. The van der Waals surface area contributed by atoms with Crippen LogP contribution in [0.4, 0.5) is 11.4 Å². The van der Waals surface area contributed by atoms with Crippen LogP contribution in [0.2, 0.25) is 0 Å². The molecule has 0 aliphatic carbocycles. The van der Waals surface area contributed by atoms with E-state index in [0.29, 0.717) is 12.4 Å². The third-order valence-corrected chi connectivity index (χ3v) is 17.2. The first-order valence-corrected chi connectivity index (χ1v) is 29.9. The van der Waals surface area contributed by atoms with E-state index in [1.54, 1.807) is 0 Å². The van der Waals surface area contributed by atoms with E-state index in [0.717, 1.165) is 129 Å². The molecule has 1 aliphatic heterocycles. The van der Waals surface area contributed by atoms with Gasteiger partial charge in [0.05, 0.1) is 50.5 Å². The van der Waals surface area contributed by atoms with Crippen molar-refractivity contribution < 1.29 is 0 Å². The molecule has 5 heteroatoms. The molecular formula is C82H57N5. The van der Waals surface area contributed by atoms with Gasteiger partial charge in [-0.1, -0.05) is 261 Å². The first-order valence-electron chi connectivity index (χ1n) is 29.9. The molecule has 0 saturated heterocycles. The molecule has 0 saturated carbocycles. The van der Waals surface area contributed by atoms with Crippen molar-refractivity contribution in [1.29, 1.82) is 0 Å². The first kappa shape index (κ1) is 51.3. The molecule has 0 spiro atoms. The van der Waals surface area contributed by atoms with Crippen molar-refractivity contribution in [2.75, 3.05) is 11.4 Å². The fourth-order valence-electron chi connectivity index (χ4n) is 13.2. The van der Waals surface area contributed by atoms with Crippen LogP contribution in [0.1, 0.15) is 5.56 Å². The Kier molecular flexibility index (Phi) is 12.9. The molecule has 410 valence electrons. The number of fused-ring (bicyclic) bond motifs is 7. The molecular weight excluding hydrogens is 1050 g/mol. The third-order valence-electron chi connectivity index (χ3n) is 17.2. The minimum Gasteiger partial charge on any atom is -0.337 e. The largest absolute Gasteiger partial charge is 0.337 e. The Morgan fingerprint density at radius 3 is 1.21 bits per heavy atom. The van der Waals surface area contributed by atoms with E-state index < -0.39 is 0 Å². The molecule has 87 heavy (non-hydrogen) atoms.